The zero-order valence-corrected chi connectivity index (χ0v) is 19.4. The summed E-state index contributed by atoms with van der Waals surface area (Å²) in [6.07, 6.45) is 1.59. The number of halogens is 3. The molecule has 2 aromatic rings. The average Bonchev–Trinajstić information content (AvgIpc) is 3.31. The number of nitrogens with zero attached hydrogens (tertiary/aromatic N) is 1. The Hall–Kier alpha value is -2.35. The van der Waals surface area contributed by atoms with E-state index in [-0.39, 0.29) is 41.8 Å². The summed E-state index contributed by atoms with van der Waals surface area (Å²) in [6, 6.07) is 11.6. The molecule has 2 fully saturated rings. The molecule has 6 nitrogen and oxygen atoms in total. The number of hydrogen-bond donors (Lipinski definition) is 1. The highest BCUT2D eigenvalue weighted by Crippen LogP contribution is 2.29. The van der Waals surface area contributed by atoms with Crippen molar-refractivity contribution in [3.8, 4) is 5.75 Å². The van der Waals surface area contributed by atoms with Crippen molar-refractivity contribution in [2.45, 2.75) is 37.3 Å². The summed E-state index contributed by atoms with van der Waals surface area (Å²) in [5, 5.41) is 3.52. The second-order valence-corrected chi connectivity index (χ2v) is 9.19. The van der Waals surface area contributed by atoms with E-state index in [9.17, 15) is 14.0 Å². The van der Waals surface area contributed by atoms with Crippen LogP contribution >= 0.6 is 23.2 Å². The first-order valence-electron chi connectivity index (χ1n) is 10.9. The first-order chi connectivity index (χ1) is 15.9. The molecule has 0 bridgehead atoms. The zero-order chi connectivity index (χ0) is 23.4. The van der Waals surface area contributed by atoms with Gasteiger partial charge in [-0.15, -0.1) is 0 Å². The molecule has 33 heavy (non-hydrogen) atoms. The van der Waals surface area contributed by atoms with E-state index >= 15 is 0 Å². The number of amides is 2. The van der Waals surface area contributed by atoms with Crippen molar-refractivity contribution < 1.29 is 23.5 Å². The van der Waals surface area contributed by atoms with Crippen molar-refractivity contribution in [2.75, 3.05) is 26.3 Å². The van der Waals surface area contributed by atoms with Gasteiger partial charge in [0, 0.05) is 30.1 Å². The molecular formula is C24H25Cl2FN2O4. The Kier molecular flexibility index (Phi) is 7.73. The fourth-order valence-corrected chi connectivity index (χ4v) is 4.46. The molecule has 2 amide bonds. The van der Waals surface area contributed by atoms with E-state index in [1.807, 2.05) is 29.2 Å². The highest BCUT2D eigenvalue weighted by molar-refractivity contribution is 6.30. The minimum Gasteiger partial charge on any atom is -0.484 e. The van der Waals surface area contributed by atoms with Crippen LogP contribution in [-0.2, 0) is 14.3 Å². The number of hydrogen-bond acceptors (Lipinski definition) is 4. The maximum absolute atomic E-state index is 13.4. The molecule has 2 unspecified atom stereocenters. The van der Waals surface area contributed by atoms with Crippen molar-refractivity contribution in [1.29, 1.82) is 0 Å². The molecule has 3 atom stereocenters. The third kappa shape index (κ3) is 6.16. The van der Waals surface area contributed by atoms with Gasteiger partial charge in [0.25, 0.3) is 11.8 Å². The zero-order valence-electron chi connectivity index (χ0n) is 17.9. The van der Waals surface area contributed by atoms with Crippen LogP contribution in [0.1, 0.15) is 30.7 Å². The molecule has 0 spiro atoms. The lowest BCUT2D eigenvalue weighted by atomic mass is 9.99. The Balaban J connectivity index is 1.19. The highest BCUT2D eigenvalue weighted by Gasteiger charge is 2.34. The molecular weight excluding hydrogens is 470 g/mol. The van der Waals surface area contributed by atoms with Crippen LogP contribution in [0.25, 0.3) is 0 Å². The maximum Gasteiger partial charge on any atom is 0.258 e. The minimum absolute atomic E-state index is 0.00402. The van der Waals surface area contributed by atoms with Crippen molar-refractivity contribution in [3.05, 3.63) is 63.9 Å². The SMILES string of the molecule is O=C(COc1ccc(Cl)c(F)c1)NC1CCC(C(=O)N2CC[C@@H](c3ccc(Cl)cc3)C2)OC1. The Labute approximate surface area is 201 Å². The van der Waals surface area contributed by atoms with Crippen LogP contribution in [0.4, 0.5) is 4.39 Å². The van der Waals surface area contributed by atoms with E-state index in [0.29, 0.717) is 36.9 Å². The molecule has 0 radical (unpaired) electrons. The minimum atomic E-state index is -0.608. The Morgan fingerprint density at radius 3 is 2.61 bits per heavy atom. The number of nitrogens with one attached hydrogen (secondary N) is 1. The molecule has 2 aliphatic rings. The highest BCUT2D eigenvalue weighted by atomic mass is 35.5. The number of carbonyl (C=O) groups excluding carboxylic acids is 2. The standard InChI is InChI=1S/C24H25Cl2FN2O4/c25-17-3-1-15(2-4-17)16-9-10-29(12-16)24(31)22-8-5-18(13-33-22)28-23(30)14-32-19-6-7-20(26)21(27)11-19/h1-4,6-7,11,16,18,22H,5,8-10,12-14H2,(H,28,30)/t16-,18?,22?/m1/s1. The van der Waals surface area contributed by atoms with E-state index in [1.165, 1.54) is 17.7 Å². The second-order valence-electron chi connectivity index (χ2n) is 8.35. The third-order valence-electron chi connectivity index (χ3n) is 6.02. The molecule has 2 heterocycles. The van der Waals surface area contributed by atoms with Gasteiger partial charge in [0.1, 0.15) is 17.7 Å². The van der Waals surface area contributed by atoms with E-state index in [4.69, 9.17) is 32.7 Å². The first-order valence-corrected chi connectivity index (χ1v) is 11.7. The van der Waals surface area contributed by atoms with Gasteiger partial charge in [-0.3, -0.25) is 9.59 Å². The fourth-order valence-electron chi connectivity index (χ4n) is 4.22. The summed E-state index contributed by atoms with van der Waals surface area (Å²) < 4.78 is 24.5. The molecule has 2 saturated heterocycles. The molecule has 2 aliphatic heterocycles. The molecule has 2 aromatic carbocycles. The predicted octanol–water partition coefficient (Wildman–Crippen LogP) is 4.19. The van der Waals surface area contributed by atoms with Gasteiger partial charge in [0.2, 0.25) is 0 Å². The largest absolute Gasteiger partial charge is 0.484 e. The Morgan fingerprint density at radius 1 is 1.12 bits per heavy atom. The van der Waals surface area contributed by atoms with Gasteiger partial charge < -0.3 is 19.7 Å². The van der Waals surface area contributed by atoms with Crippen molar-refractivity contribution >= 4 is 35.0 Å². The number of carbonyl (C=O) groups is 2. The summed E-state index contributed by atoms with van der Waals surface area (Å²) in [4.78, 5) is 26.9. The van der Waals surface area contributed by atoms with Crippen LogP contribution in [-0.4, -0.2) is 55.2 Å². The lowest BCUT2D eigenvalue weighted by Gasteiger charge is -2.31. The Morgan fingerprint density at radius 2 is 1.91 bits per heavy atom. The second kappa shape index (κ2) is 10.7. The normalized spacial score (nSPS) is 22.8. The summed E-state index contributed by atoms with van der Waals surface area (Å²) >= 11 is 11.6. The number of rotatable bonds is 6. The number of benzene rings is 2. The molecule has 1 N–H and O–H groups in total. The molecule has 176 valence electrons. The van der Waals surface area contributed by atoms with Gasteiger partial charge in [-0.25, -0.2) is 4.39 Å². The van der Waals surface area contributed by atoms with Crippen LogP contribution in [0.3, 0.4) is 0 Å². The molecule has 4 rings (SSSR count). The van der Waals surface area contributed by atoms with Gasteiger partial charge in [-0.2, -0.15) is 0 Å². The fraction of sp³-hybridized carbons (Fsp3) is 0.417. The first kappa shape index (κ1) is 23.8. The molecule has 9 heteroatoms. The van der Waals surface area contributed by atoms with Crippen molar-refractivity contribution in [2.24, 2.45) is 0 Å². The average molecular weight is 495 g/mol. The molecule has 0 aromatic heterocycles. The smallest absolute Gasteiger partial charge is 0.258 e. The van der Waals surface area contributed by atoms with E-state index in [0.717, 1.165) is 12.5 Å². The van der Waals surface area contributed by atoms with Crippen molar-refractivity contribution in [1.82, 2.24) is 10.2 Å². The number of ether oxygens (including phenoxy) is 2. The van der Waals surface area contributed by atoms with Crippen molar-refractivity contribution in [3.63, 3.8) is 0 Å². The third-order valence-corrected chi connectivity index (χ3v) is 6.58. The summed E-state index contributed by atoms with van der Waals surface area (Å²) in [5.74, 6) is -0.419. The molecule has 0 aliphatic carbocycles. The van der Waals surface area contributed by atoms with E-state index in [2.05, 4.69) is 5.32 Å². The van der Waals surface area contributed by atoms with Crippen LogP contribution in [0.5, 0.6) is 5.75 Å². The van der Waals surface area contributed by atoms with Gasteiger partial charge >= 0.3 is 0 Å². The van der Waals surface area contributed by atoms with Crippen LogP contribution < -0.4 is 10.1 Å². The molecule has 0 saturated carbocycles. The lowest BCUT2D eigenvalue weighted by molar-refractivity contribution is -0.146. The summed E-state index contributed by atoms with van der Waals surface area (Å²) in [7, 11) is 0. The topological polar surface area (TPSA) is 67.9 Å². The Bertz CT molecular complexity index is 996. The van der Waals surface area contributed by atoms with Crippen LogP contribution in [0.15, 0.2) is 42.5 Å². The van der Waals surface area contributed by atoms with Gasteiger partial charge in [0.05, 0.1) is 17.7 Å². The van der Waals surface area contributed by atoms with Gasteiger partial charge in [-0.05, 0) is 49.1 Å². The van der Waals surface area contributed by atoms with Crippen LogP contribution in [0, 0.1) is 5.82 Å². The monoisotopic (exact) mass is 494 g/mol. The van der Waals surface area contributed by atoms with Gasteiger partial charge in [-0.1, -0.05) is 35.3 Å². The quantitative estimate of drug-likeness (QED) is 0.653. The number of likely N-dealkylation sites (tertiary alicyclic amines) is 1. The lowest BCUT2D eigenvalue weighted by Crippen LogP contribution is -2.48. The van der Waals surface area contributed by atoms with E-state index < -0.39 is 11.9 Å². The van der Waals surface area contributed by atoms with Crippen LogP contribution in [0.2, 0.25) is 10.0 Å². The van der Waals surface area contributed by atoms with E-state index in [1.54, 1.807) is 0 Å². The summed E-state index contributed by atoms with van der Waals surface area (Å²) in [6.45, 7) is 1.38. The predicted molar refractivity (Wildman–Crippen MR) is 123 cm³/mol. The maximum atomic E-state index is 13.4. The summed E-state index contributed by atoms with van der Waals surface area (Å²) in [5.41, 5.74) is 1.19. The van der Waals surface area contributed by atoms with Gasteiger partial charge in [0.15, 0.2) is 6.61 Å².